The molecule has 1 aliphatic heterocycles. The zero-order valence-corrected chi connectivity index (χ0v) is 11.8. The highest BCUT2D eigenvalue weighted by Gasteiger charge is 2.53. The van der Waals surface area contributed by atoms with Crippen LogP contribution < -0.4 is 5.32 Å². The van der Waals surface area contributed by atoms with Crippen molar-refractivity contribution >= 4 is 23.3 Å². The molecule has 5 heteroatoms. The maximum atomic E-state index is 12.6. The van der Waals surface area contributed by atoms with E-state index in [1.54, 1.807) is 24.1 Å². The van der Waals surface area contributed by atoms with Crippen LogP contribution in [0.3, 0.4) is 0 Å². The first-order chi connectivity index (χ1) is 9.59. The molecule has 1 heterocycles. The number of amides is 2. The topological polar surface area (TPSA) is 32.3 Å². The molecule has 1 aromatic carbocycles. The van der Waals surface area contributed by atoms with Crippen LogP contribution in [0, 0.1) is 17.8 Å². The van der Waals surface area contributed by atoms with Crippen molar-refractivity contribution < 1.29 is 9.18 Å². The number of hydrogen-bond acceptors (Lipinski definition) is 1. The number of nitrogens with one attached hydrogen (secondary N) is 1. The fourth-order valence-electron chi connectivity index (χ4n) is 2.90. The molecule has 0 saturated heterocycles. The average Bonchev–Trinajstić information content (AvgIpc) is 3.26. The summed E-state index contributed by atoms with van der Waals surface area (Å²) < 4.78 is 12.6. The lowest BCUT2D eigenvalue weighted by atomic mass is 9.81. The number of hydrogen-bond donors (Lipinski definition) is 1. The maximum absolute atomic E-state index is 12.6. The molecule has 3 nitrogen and oxygen atoms in total. The Kier molecular flexibility index (Phi) is 3.10. The molecule has 2 amide bonds. The zero-order chi connectivity index (χ0) is 14.3. The molecule has 20 heavy (non-hydrogen) atoms. The van der Waals surface area contributed by atoms with Crippen LogP contribution >= 0.6 is 11.6 Å². The second-order valence-corrected chi connectivity index (χ2v) is 5.59. The van der Waals surface area contributed by atoms with E-state index >= 15 is 0 Å². The van der Waals surface area contributed by atoms with Crippen LogP contribution in [0.1, 0.15) is 18.4 Å². The van der Waals surface area contributed by atoms with Gasteiger partial charge in [0.05, 0.1) is 0 Å². The maximum Gasteiger partial charge on any atom is 0.323 e. The normalized spacial score (nSPS) is 24.6. The van der Waals surface area contributed by atoms with E-state index in [-0.39, 0.29) is 11.9 Å². The second-order valence-electron chi connectivity index (χ2n) is 5.16. The molecule has 0 radical (unpaired) electrons. The van der Waals surface area contributed by atoms with E-state index in [9.17, 15) is 9.18 Å². The summed E-state index contributed by atoms with van der Waals surface area (Å²) in [4.78, 5) is 13.7. The monoisotopic (exact) mass is 292 g/mol. The summed E-state index contributed by atoms with van der Waals surface area (Å²) >= 11 is 6.09. The summed E-state index contributed by atoms with van der Waals surface area (Å²) in [5.74, 6) is 5.73. The summed E-state index contributed by atoms with van der Waals surface area (Å²) in [6, 6.07) is 5.10. The number of nitrogens with zero attached hydrogens (tertiary/aromatic N) is 1. The molecule has 1 N–H and O–H groups in total. The minimum atomic E-state index is -0.769. The van der Waals surface area contributed by atoms with E-state index in [4.69, 9.17) is 11.6 Å². The van der Waals surface area contributed by atoms with Crippen LogP contribution in [0.2, 0.25) is 5.02 Å². The molecule has 1 aromatic rings. The lowest BCUT2D eigenvalue weighted by Gasteiger charge is -2.43. The molecule has 104 valence electrons. The van der Waals surface area contributed by atoms with Gasteiger partial charge in [-0.25, -0.2) is 9.18 Å². The minimum absolute atomic E-state index is 0.222. The molecule has 1 unspecified atom stereocenters. The number of alkyl halides is 1. The fraction of sp³-hybridized carbons (Fsp3) is 0.400. The van der Waals surface area contributed by atoms with Crippen LogP contribution in [-0.4, -0.2) is 24.7 Å². The predicted molar refractivity (Wildman–Crippen MR) is 76.4 cm³/mol. The number of anilines is 1. The number of rotatable bonds is 1. The van der Waals surface area contributed by atoms with Gasteiger partial charge in [-0.05, 0) is 37.0 Å². The number of carbonyl (C=O) groups excluding carboxylic acids is 1. The van der Waals surface area contributed by atoms with E-state index in [0.717, 1.165) is 18.4 Å². The smallest absolute Gasteiger partial charge is 0.307 e. The van der Waals surface area contributed by atoms with Crippen molar-refractivity contribution in [2.45, 2.75) is 18.4 Å². The van der Waals surface area contributed by atoms with Crippen molar-refractivity contribution in [3.05, 3.63) is 28.8 Å². The van der Waals surface area contributed by atoms with Crippen LogP contribution in [0.5, 0.6) is 0 Å². The van der Waals surface area contributed by atoms with Crippen molar-refractivity contribution in [1.82, 2.24) is 4.90 Å². The van der Waals surface area contributed by atoms with Crippen LogP contribution in [0.25, 0.3) is 0 Å². The third kappa shape index (κ3) is 1.85. The summed E-state index contributed by atoms with van der Waals surface area (Å²) in [7, 11) is 1.70. The fourth-order valence-corrected chi connectivity index (χ4v) is 3.07. The molecule has 3 rings (SSSR count). The summed E-state index contributed by atoms with van der Waals surface area (Å²) in [6.45, 7) is -0.722. The van der Waals surface area contributed by atoms with Crippen LogP contribution in [0.4, 0.5) is 14.9 Å². The third-order valence-corrected chi connectivity index (χ3v) is 4.22. The Balaban J connectivity index is 2.25. The van der Waals surface area contributed by atoms with Crippen molar-refractivity contribution in [3.8, 4) is 11.8 Å². The van der Waals surface area contributed by atoms with Crippen LogP contribution in [-0.2, 0) is 5.54 Å². The van der Waals surface area contributed by atoms with Crippen molar-refractivity contribution in [2.24, 2.45) is 5.92 Å². The Hall–Kier alpha value is -1.73. The Morgan fingerprint density at radius 1 is 1.55 bits per heavy atom. The third-order valence-electron chi connectivity index (χ3n) is 3.98. The van der Waals surface area contributed by atoms with Gasteiger partial charge < -0.3 is 10.2 Å². The van der Waals surface area contributed by atoms with Crippen molar-refractivity contribution in [3.63, 3.8) is 0 Å². The number of halogens is 2. The van der Waals surface area contributed by atoms with E-state index in [1.807, 2.05) is 6.07 Å². The molecule has 1 atom stereocenters. The molecule has 0 bridgehead atoms. The Morgan fingerprint density at radius 2 is 2.30 bits per heavy atom. The van der Waals surface area contributed by atoms with E-state index in [2.05, 4.69) is 17.2 Å². The lowest BCUT2D eigenvalue weighted by Crippen LogP contribution is -2.53. The SMILES string of the molecule is CN1C(=O)Nc2ccc(Cl)cc2C1(C#CCF)C1CC1. The van der Waals surface area contributed by atoms with Gasteiger partial charge in [0.1, 0.15) is 12.2 Å². The van der Waals surface area contributed by atoms with Gasteiger partial charge in [-0.15, -0.1) is 0 Å². The highest BCUT2D eigenvalue weighted by atomic mass is 35.5. The lowest BCUT2D eigenvalue weighted by molar-refractivity contribution is 0.161. The summed E-state index contributed by atoms with van der Waals surface area (Å²) in [5, 5.41) is 3.40. The average molecular weight is 293 g/mol. The second kappa shape index (κ2) is 4.68. The highest BCUT2D eigenvalue weighted by Crippen LogP contribution is 2.52. The van der Waals surface area contributed by atoms with Gasteiger partial charge >= 0.3 is 6.03 Å². The Bertz CT molecular complexity index is 632. The predicted octanol–water partition coefficient (Wildman–Crippen LogP) is 3.40. The number of urea groups is 1. The number of fused-ring (bicyclic) bond motifs is 1. The van der Waals surface area contributed by atoms with E-state index < -0.39 is 12.2 Å². The van der Waals surface area contributed by atoms with Gasteiger partial charge in [0.25, 0.3) is 0 Å². The van der Waals surface area contributed by atoms with Gasteiger partial charge in [0.15, 0.2) is 0 Å². The van der Waals surface area contributed by atoms with Gasteiger partial charge in [-0.3, -0.25) is 0 Å². The standard InChI is InChI=1S/C15H14ClFN2O/c1-19-14(20)18-13-6-5-11(16)9-12(13)15(19,7-2-8-17)10-3-4-10/h5-6,9-10H,3-4,8H2,1H3,(H,18,20). The van der Waals surface area contributed by atoms with E-state index in [1.165, 1.54) is 0 Å². The molecule has 2 aliphatic rings. The zero-order valence-electron chi connectivity index (χ0n) is 11.0. The molecular weight excluding hydrogens is 279 g/mol. The highest BCUT2D eigenvalue weighted by molar-refractivity contribution is 6.30. The Morgan fingerprint density at radius 3 is 2.95 bits per heavy atom. The summed E-state index contributed by atoms with van der Waals surface area (Å²) in [6.07, 6.45) is 1.95. The van der Waals surface area contributed by atoms with E-state index in [0.29, 0.717) is 10.7 Å². The Labute approximate surface area is 122 Å². The first-order valence-electron chi connectivity index (χ1n) is 6.50. The van der Waals surface area contributed by atoms with Crippen molar-refractivity contribution in [2.75, 3.05) is 19.0 Å². The number of carbonyl (C=O) groups is 1. The van der Waals surface area contributed by atoms with Crippen LogP contribution in [0.15, 0.2) is 18.2 Å². The molecule has 0 aromatic heterocycles. The quantitative estimate of drug-likeness (QED) is 0.791. The first kappa shape index (κ1) is 13.3. The molecule has 1 saturated carbocycles. The van der Waals surface area contributed by atoms with Gasteiger partial charge in [-0.2, -0.15) is 0 Å². The molecule has 1 aliphatic carbocycles. The van der Waals surface area contributed by atoms with Crippen molar-refractivity contribution in [1.29, 1.82) is 0 Å². The summed E-state index contributed by atoms with van der Waals surface area (Å²) in [5.41, 5.74) is 0.794. The molecule has 1 fully saturated rings. The largest absolute Gasteiger partial charge is 0.323 e. The molecular formula is C15H14ClFN2O. The first-order valence-corrected chi connectivity index (χ1v) is 6.88. The number of benzene rings is 1. The molecule has 0 spiro atoms. The van der Waals surface area contributed by atoms with Gasteiger partial charge in [0, 0.05) is 23.3 Å². The van der Waals surface area contributed by atoms with Gasteiger partial charge in [0.2, 0.25) is 0 Å². The minimum Gasteiger partial charge on any atom is -0.307 e. The van der Waals surface area contributed by atoms with Gasteiger partial charge in [-0.1, -0.05) is 23.4 Å².